The van der Waals surface area contributed by atoms with E-state index in [0.29, 0.717) is 25.4 Å². The van der Waals surface area contributed by atoms with Crippen molar-refractivity contribution in [2.45, 2.75) is 38.6 Å². The first-order valence-corrected chi connectivity index (χ1v) is 6.91. The molecule has 0 atom stereocenters. The summed E-state index contributed by atoms with van der Waals surface area (Å²) in [4.78, 5) is 14.2. The molecule has 5 heteroatoms. The number of benzene rings is 1. The van der Waals surface area contributed by atoms with Gasteiger partial charge in [-0.2, -0.15) is 0 Å². The number of amides is 1. The van der Waals surface area contributed by atoms with Gasteiger partial charge in [0, 0.05) is 19.0 Å². The van der Waals surface area contributed by atoms with Crippen molar-refractivity contribution in [2.75, 3.05) is 6.54 Å². The summed E-state index contributed by atoms with van der Waals surface area (Å²) < 4.78 is 0. The van der Waals surface area contributed by atoms with Crippen LogP contribution < -0.4 is 5.73 Å². The highest BCUT2D eigenvalue weighted by molar-refractivity contribution is 5.82. The lowest BCUT2D eigenvalue weighted by atomic mass is 10.1. The molecule has 1 aromatic rings. The van der Waals surface area contributed by atoms with E-state index in [4.69, 9.17) is 10.9 Å². The van der Waals surface area contributed by atoms with Gasteiger partial charge in [0.25, 0.3) is 0 Å². The van der Waals surface area contributed by atoms with Crippen molar-refractivity contribution in [3.05, 3.63) is 35.4 Å². The minimum absolute atomic E-state index is 0.113. The number of hydrogen-bond donors (Lipinski definition) is 2. The molecule has 1 aliphatic rings. The first-order valence-electron chi connectivity index (χ1n) is 6.91. The highest BCUT2D eigenvalue weighted by Gasteiger charge is 2.32. The van der Waals surface area contributed by atoms with Crippen LogP contribution in [0, 0.1) is 6.92 Å². The molecule has 0 heterocycles. The predicted octanol–water partition coefficient (Wildman–Crippen LogP) is 1.67. The smallest absolute Gasteiger partial charge is 0.227 e. The Balaban J connectivity index is 1.94. The monoisotopic (exact) mass is 275 g/mol. The van der Waals surface area contributed by atoms with Gasteiger partial charge in [-0.1, -0.05) is 35.0 Å². The fourth-order valence-electron chi connectivity index (χ4n) is 2.16. The zero-order valence-corrected chi connectivity index (χ0v) is 11.7. The van der Waals surface area contributed by atoms with Gasteiger partial charge in [0.05, 0.1) is 6.42 Å². The maximum absolute atomic E-state index is 12.4. The molecule has 0 aromatic heterocycles. The largest absolute Gasteiger partial charge is 0.409 e. The third-order valence-corrected chi connectivity index (χ3v) is 3.52. The fraction of sp³-hybridized carbons (Fsp3) is 0.467. The molecule has 1 amide bonds. The molecule has 3 N–H and O–H groups in total. The Hall–Kier alpha value is -2.04. The number of carbonyl (C=O) groups excluding carboxylic acids is 1. The predicted molar refractivity (Wildman–Crippen MR) is 77.6 cm³/mol. The van der Waals surface area contributed by atoms with Crippen molar-refractivity contribution in [3.8, 4) is 0 Å². The van der Waals surface area contributed by atoms with E-state index in [1.807, 2.05) is 36.1 Å². The molecular formula is C15H21N3O2. The summed E-state index contributed by atoms with van der Waals surface area (Å²) in [5, 5.41) is 11.5. The molecule has 0 unspecified atom stereocenters. The van der Waals surface area contributed by atoms with Gasteiger partial charge in [0.2, 0.25) is 5.91 Å². The number of nitrogens with zero attached hydrogens (tertiary/aromatic N) is 2. The molecule has 1 fully saturated rings. The van der Waals surface area contributed by atoms with Crippen LogP contribution in [0.3, 0.4) is 0 Å². The Morgan fingerprint density at radius 3 is 2.60 bits per heavy atom. The number of oxime groups is 1. The van der Waals surface area contributed by atoms with E-state index < -0.39 is 0 Å². The molecule has 108 valence electrons. The van der Waals surface area contributed by atoms with Gasteiger partial charge < -0.3 is 15.8 Å². The highest BCUT2D eigenvalue weighted by Crippen LogP contribution is 2.27. The summed E-state index contributed by atoms with van der Waals surface area (Å²) in [6.07, 6.45) is 2.92. The van der Waals surface area contributed by atoms with E-state index in [2.05, 4.69) is 5.16 Å². The van der Waals surface area contributed by atoms with Gasteiger partial charge in [-0.15, -0.1) is 0 Å². The Bertz CT molecular complexity index is 492. The summed E-state index contributed by atoms with van der Waals surface area (Å²) in [5.74, 6) is 0.279. The number of hydrogen-bond acceptors (Lipinski definition) is 3. The molecule has 0 aliphatic heterocycles. The summed E-state index contributed by atoms with van der Waals surface area (Å²) in [5.41, 5.74) is 7.68. The summed E-state index contributed by atoms with van der Waals surface area (Å²) in [6.45, 7) is 2.55. The molecule has 1 aliphatic carbocycles. The molecule has 1 aromatic carbocycles. The topological polar surface area (TPSA) is 78.9 Å². The van der Waals surface area contributed by atoms with Crippen LogP contribution >= 0.6 is 0 Å². The minimum Gasteiger partial charge on any atom is -0.409 e. The summed E-state index contributed by atoms with van der Waals surface area (Å²) in [6, 6.07) is 8.34. The van der Waals surface area contributed by atoms with Crippen molar-refractivity contribution in [3.63, 3.8) is 0 Å². The highest BCUT2D eigenvalue weighted by atomic mass is 16.4. The summed E-state index contributed by atoms with van der Waals surface area (Å²) in [7, 11) is 0. The zero-order chi connectivity index (χ0) is 14.5. The second-order valence-electron chi connectivity index (χ2n) is 5.32. The van der Waals surface area contributed by atoms with E-state index in [-0.39, 0.29) is 11.7 Å². The number of rotatable bonds is 6. The lowest BCUT2D eigenvalue weighted by Crippen LogP contribution is -2.36. The molecule has 0 bridgehead atoms. The molecule has 0 saturated heterocycles. The van der Waals surface area contributed by atoms with E-state index in [1.165, 1.54) is 5.56 Å². The maximum atomic E-state index is 12.4. The number of amidine groups is 1. The third-order valence-electron chi connectivity index (χ3n) is 3.52. The van der Waals surface area contributed by atoms with Crippen LogP contribution in [0.2, 0.25) is 0 Å². The first kappa shape index (κ1) is 14.4. The Kier molecular flexibility index (Phi) is 4.61. The Morgan fingerprint density at radius 1 is 1.40 bits per heavy atom. The van der Waals surface area contributed by atoms with Gasteiger partial charge in [-0.05, 0) is 25.3 Å². The van der Waals surface area contributed by atoms with Crippen LogP contribution in [0.1, 0.15) is 30.4 Å². The molecule has 2 rings (SSSR count). The first-order chi connectivity index (χ1) is 9.60. The number of aryl methyl sites for hydroxylation is 1. The normalized spacial score (nSPS) is 15.2. The minimum atomic E-state index is 0.113. The Morgan fingerprint density at radius 2 is 2.05 bits per heavy atom. The number of carbonyl (C=O) groups is 1. The second kappa shape index (κ2) is 6.41. The van der Waals surface area contributed by atoms with Crippen LogP contribution in [0.15, 0.2) is 29.4 Å². The molecule has 5 nitrogen and oxygen atoms in total. The van der Waals surface area contributed by atoms with E-state index in [1.54, 1.807) is 0 Å². The Labute approximate surface area is 119 Å². The van der Waals surface area contributed by atoms with Gasteiger partial charge >= 0.3 is 0 Å². The lowest BCUT2D eigenvalue weighted by Gasteiger charge is -2.22. The zero-order valence-electron chi connectivity index (χ0n) is 11.7. The SMILES string of the molecule is Cc1ccc(CC(=O)N(CCC(N)=NO)C2CC2)cc1. The average Bonchev–Trinajstić information content (AvgIpc) is 3.26. The molecule has 1 saturated carbocycles. The second-order valence-corrected chi connectivity index (χ2v) is 5.32. The summed E-state index contributed by atoms with van der Waals surface area (Å²) >= 11 is 0. The molecule has 0 spiro atoms. The van der Waals surface area contributed by atoms with Crippen molar-refractivity contribution < 1.29 is 10.0 Å². The molecule has 0 radical (unpaired) electrons. The van der Waals surface area contributed by atoms with Crippen molar-refractivity contribution in [1.82, 2.24) is 4.90 Å². The van der Waals surface area contributed by atoms with Crippen LogP contribution in [0.5, 0.6) is 0 Å². The van der Waals surface area contributed by atoms with Crippen LogP contribution in [-0.4, -0.2) is 34.4 Å². The average molecular weight is 275 g/mol. The maximum Gasteiger partial charge on any atom is 0.227 e. The van der Waals surface area contributed by atoms with Gasteiger partial charge in [0.15, 0.2) is 0 Å². The van der Waals surface area contributed by atoms with E-state index in [0.717, 1.165) is 18.4 Å². The molecule has 20 heavy (non-hydrogen) atoms. The fourth-order valence-corrected chi connectivity index (χ4v) is 2.16. The van der Waals surface area contributed by atoms with Crippen molar-refractivity contribution in [2.24, 2.45) is 10.9 Å². The van der Waals surface area contributed by atoms with E-state index >= 15 is 0 Å². The molecular weight excluding hydrogens is 254 g/mol. The number of nitrogens with two attached hydrogens (primary N) is 1. The third kappa shape index (κ3) is 3.98. The lowest BCUT2D eigenvalue weighted by molar-refractivity contribution is -0.130. The van der Waals surface area contributed by atoms with Crippen molar-refractivity contribution in [1.29, 1.82) is 0 Å². The van der Waals surface area contributed by atoms with Crippen LogP contribution in [0.25, 0.3) is 0 Å². The van der Waals surface area contributed by atoms with Gasteiger partial charge in [-0.3, -0.25) is 4.79 Å². The van der Waals surface area contributed by atoms with Gasteiger partial charge in [-0.25, -0.2) is 0 Å². The van der Waals surface area contributed by atoms with Gasteiger partial charge in [0.1, 0.15) is 5.84 Å². The quantitative estimate of drug-likeness (QED) is 0.359. The van der Waals surface area contributed by atoms with Crippen LogP contribution in [-0.2, 0) is 11.2 Å². The van der Waals surface area contributed by atoms with E-state index in [9.17, 15) is 4.79 Å². The van der Waals surface area contributed by atoms with Crippen molar-refractivity contribution >= 4 is 11.7 Å². The van der Waals surface area contributed by atoms with Crippen LogP contribution in [0.4, 0.5) is 0 Å². The standard InChI is InChI=1S/C15H21N3O2/c1-11-2-4-12(5-3-11)10-15(19)18(13-6-7-13)9-8-14(16)17-20/h2-5,13,20H,6-10H2,1H3,(H2,16,17).